The Balaban J connectivity index is 1.25. The Morgan fingerprint density at radius 2 is 1.86 bits per heavy atom. The third-order valence-corrected chi connectivity index (χ3v) is 8.04. The SMILES string of the molecule is O=C(O)CN1CCN(CCCN(C(=O)c2cccs2)c2nc(C3Oc4ccccc4C3=O)cs2)CC1. The van der Waals surface area contributed by atoms with E-state index >= 15 is 0 Å². The second kappa shape index (κ2) is 10.9. The summed E-state index contributed by atoms with van der Waals surface area (Å²) in [5.74, 6) is -0.487. The zero-order valence-electron chi connectivity index (χ0n) is 19.5. The first-order valence-corrected chi connectivity index (χ1v) is 13.5. The van der Waals surface area contributed by atoms with Crippen LogP contribution in [0.2, 0.25) is 0 Å². The number of piperazine rings is 1. The summed E-state index contributed by atoms with van der Waals surface area (Å²) in [6, 6.07) is 10.8. The van der Waals surface area contributed by atoms with Crippen molar-refractivity contribution in [3.05, 3.63) is 63.3 Å². The van der Waals surface area contributed by atoms with Gasteiger partial charge in [-0.25, -0.2) is 4.98 Å². The Bertz CT molecular complexity index is 1240. The van der Waals surface area contributed by atoms with Crippen LogP contribution in [0.1, 0.15) is 38.2 Å². The highest BCUT2D eigenvalue weighted by Crippen LogP contribution is 2.38. The van der Waals surface area contributed by atoms with Gasteiger partial charge >= 0.3 is 5.97 Å². The van der Waals surface area contributed by atoms with Crippen molar-refractivity contribution < 1.29 is 24.2 Å². The van der Waals surface area contributed by atoms with Crippen molar-refractivity contribution >= 4 is 45.5 Å². The summed E-state index contributed by atoms with van der Waals surface area (Å²) in [7, 11) is 0. The average molecular weight is 527 g/mol. The van der Waals surface area contributed by atoms with Crippen molar-refractivity contribution in [2.24, 2.45) is 0 Å². The largest absolute Gasteiger partial charge is 0.480 e. The van der Waals surface area contributed by atoms with Crippen molar-refractivity contribution in [3.8, 4) is 5.75 Å². The normalized spacial score (nSPS) is 18.1. The molecular weight excluding hydrogens is 500 g/mol. The molecule has 2 aromatic heterocycles. The summed E-state index contributed by atoms with van der Waals surface area (Å²) in [6.45, 7) is 4.40. The summed E-state index contributed by atoms with van der Waals surface area (Å²) in [5, 5.41) is 13.2. The van der Waals surface area contributed by atoms with Crippen LogP contribution in [0.25, 0.3) is 0 Å². The van der Waals surface area contributed by atoms with Gasteiger partial charge in [-0.05, 0) is 36.5 Å². The molecule has 36 heavy (non-hydrogen) atoms. The maximum absolute atomic E-state index is 13.3. The molecule has 1 aromatic carbocycles. The number of anilines is 1. The molecule has 1 atom stereocenters. The highest BCUT2D eigenvalue weighted by Gasteiger charge is 2.36. The minimum absolute atomic E-state index is 0.0710. The number of carbonyl (C=O) groups is 3. The molecule has 1 fully saturated rings. The van der Waals surface area contributed by atoms with Gasteiger partial charge in [-0.2, -0.15) is 0 Å². The first kappa shape index (κ1) is 24.6. The Hall–Kier alpha value is -3.12. The molecule has 5 rings (SSSR count). The Morgan fingerprint density at radius 3 is 2.58 bits per heavy atom. The van der Waals surface area contributed by atoms with Crippen LogP contribution in [0, 0.1) is 0 Å². The summed E-state index contributed by atoms with van der Waals surface area (Å²) >= 11 is 2.72. The van der Waals surface area contributed by atoms with Crippen LogP contribution in [0.3, 0.4) is 0 Å². The zero-order chi connectivity index (χ0) is 25.1. The molecular formula is C25H26N4O5S2. The zero-order valence-corrected chi connectivity index (χ0v) is 21.2. The first-order valence-electron chi connectivity index (χ1n) is 11.8. The van der Waals surface area contributed by atoms with Crippen LogP contribution in [-0.4, -0.2) is 83.4 Å². The number of hydrogen-bond acceptors (Lipinski definition) is 9. The van der Waals surface area contributed by atoms with Crippen molar-refractivity contribution in [2.75, 3.05) is 50.7 Å². The highest BCUT2D eigenvalue weighted by molar-refractivity contribution is 7.14. The van der Waals surface area contributed by atoms with Crippen LogP contribution in [-0.2, 0) is 4.79 Å². The van der Waals surface area contributed by atoms with E-state index in [9.17, 15) is 14.4 Å². The quantitative estimate of drug-likeness (QED) is 0.453. The fourth-order valence-corrected chi connectivity index (χ4v) is 5.98. The lowest BCUT2D eigenvalue weighted by molar-refractivity contribution is -0.138. The predicted molar refractivity (Wildman–Crippen MR) is 137 cm³/mol. The predicted octanol–water partition coefficient (Wildman–Crippen LogP) is 3.26. The number of nitrogens with zero attached hydrogens (tertiary/aromatic N) is 4. The number of para-hydroxylation sites is 1. The van der Waals surface area contributed by atoms with E-state index in [0.717, 1.165) is 39.1 Å². The number of rotatable bonds is 9. The van der Waals surface area contributed by atoms with Gasteiger partial charge in [-0.3, -0.25) is 24.2 Å². The number of thiazole rings is 1. The Labute approximate surface area is 216 Å². The molecule has 188 valence electrons. The van der Waals surface area contributed by atoms with E-state index in [4.69, 9.17) is 9.84 Å². The van der Waals surface area contributed by atoms with Gasteiger partial charge in [-0.15, -0.1) is 22.7 Å². The van der Waals surface area contributed by atoms with E-state index in [1.807, 2.05) is 28.5 Å². The molecule has 9 nitrogen and oxygen atoms in total. The smallest absolute Gasteiger partial charge is 0.317 e. The third-order valence-electron chi connectivity index (χ3n) is 6.30. The van der Waals surface area contributed by atoms with E-state index < -0.39 is 12.1 Å². The van der Waals surface area contributed by atoms with Crippen LogP contribution in [0.15, 0.2) is 47.2 Å². The van der Waals surface area contributed by atoms with Crippen LogP contribution in [0.5, 0.6) is 5.75 Å². The van der Waals surface area contributed by atoms with Gasteiger partial charge in [0.25, 0.3) is 5.91 Å². The number of hydrogen-bond donors (Lipinski definition) is 1. The van der Waals surface area contributed by atoms with Gasteiger partial charge in [0.05, 0.1) is 17.0 Å². The molecule has 2 aliphatic heterocycles. The van der Waals surface area contributed by atoms with Crippen molar-refractivity contribution in [1.82, 2.24) is 14.8 Å². The molecule has 3 aromatic rings. The maximum Gasteiger partial charge on any atom is 0.317 e. The van der Waals surface area contributed by atoms with E-state index in [1.54, 1.807) is 28.5 Å². The lowest BCUT2D eigenvalue weighted by Crippen LogP contribution is -2.48. The van der Waals surface area contributed by atoms with Crippen LogP contribution in [0.4, 0.5) is 5.13 Å². The molecule has 0 bridgehead atoms. The lowest BCUT2D eigenvalue weighted by Gasteiger charge is -2.34. The topological polar surface area (TPSA) is 103 Å². The van der Waals surface area contributed by atoms with E-state index in [2.05, 4.69) is 9.88 Å². The second-order valence-electron chi connectivity index (χ2n) is 8.71. The molecule has 1 unspecified atom stereocenters. The van der Waals surface area contributed by atoms with Crippen molar-refractivity contribution in [2.45, 2.75) is 12.5 Å². The van der Waals surface area contributed by atoms with E-state index in [-0.39, 0.29) is 18.2 Å². The minimum Gasteiger partial charge on any atom is -0.480 e. The van der Waals surface area contributed by atoms with E-state index in [0.29, 0.717) is 33.6 Å². The first-order chi connectivity index (χ1) is 17.5. The Morgan fingerprint density at radius 1 is 1.08 bits per heavy atom. The van der Waals surface area contributed by atoms with Crippen LogP contribution < -0.4 is 9.64 Å². The van der Waals surface area contributed by atoms with E-state index in [1.165, 1.54) is 22.7 Å². The molecule has 0 spiro atoms. The maximum atomic E-state index is 13.3. The van der Waals surface area contributed by atoms with Gasteiger partial charge in [0.15, 0.2) is 5.13 Å². The van der Waals surface area contributed by atoms with Gasteiger partial charge in [0, 0.05) is 38.1 Å². The highest BCUT2D eigenvalue weighted by atomic mass is 32.1. The number of carboxylic acid groups (broad SMARTS) is 1. The number of aromatic nitrogens is 1. The molecule has 1 N–H and O–H groups in total. The fraction of sp³-hybridized carbons (Fsp3) is 0.360. The standard InChI is InChI=1S/C25H26N4O5S2/c30-21(31)15-28-12-10-27(11-13-28)8-4-9-29(24(33)20-7-3-14-35-20)25-26-18(16-36-25)23-22(32)17-5-1-2-6-19(17)34-23/h1-3,5-7,14,16,23H,4,8-13,15H2,(H,30,31). The molecule has 1 amide bonds. The number of ether oxygens (including phenoxy) is 1. The molecule has 11 heteroatoms. The average Bonchev–Trinajstić information content (AvgIpc) is 3.63. The summed E-state index contributed by atoms with van der Waals surface area (Å²) < 4.78 is 5.87. The summed E-state index contributed by atoms with van der Waals surface area (Å²) in [4.78, 5) is 48.3. The number of amides is 1. The number of ketones is 1. The van der Waals surface area contributed by atoms with Gasteiger partial charge in [0.1, 0.15) is 11.4 Å². The number of carbonyl (C=O) groups excluding carboxylic acids is 2. The minimum atomic E-state index is -0.803. The molecule has 0 saturated carbocycles. The van der Waals surface area contributed by atoms with Crippen LogP contribution >= 0.6 is 22.7 Å². The Kier molecular flexibility index (Phi) is 7.42. The van der Waals surface area contributed by atoms with Crippen molar-refractivity contribution in [3.63, 3.8) is 0 Å². The molecule has 0 aliphatic carbocycles. The number of fused-ring (bicyclic) bond motifs is 1. The molecule has 2 aliphatic rings. The van der Waals surface area contributed by atoms with Gasteiger partial charge < -0.3 is 14.7 Å². The van der Waals surface area contributed by atoms with Crippen molar-refractivity contribution in [1.29, 1.82) is 0 Å². The number of benzene rings is 1. The summed E-state index contributed by atoms with van der Waals surface area (Å²) in [5.41, 5.74) is 1.06. The summed E-state index contributed by atoms with van der Waals surface area (Å²) in [6.07, 6.45) is -0.0527. The lowest BCUT2D eigenvalue weighted by atomic mass is 10.1. The van der Waals surface area contributed by atoms with Gasteiger partial charge in [-0.1, -0.05) is 18.2 Å². The van der Waals surface area contributed by atoms with Gasteiger partial charge in [0.2, 0.25) is 11.9 Å². The number of thiophene rings is 1. The molecule has 4 heterocycles. The molecule has 0 radical (unpaired) electrons. The fourth-order valence-electron chi connectivity index (χ4n) is 4.44. The monoisotopic (exact) mass is 526 g/mol. The third kappa shape index (κ3) is 5.34. The number of carboxylic acids is 1. The molecule has 1 saturated heterocycles. The number of aliphatic carboxylic acids is 1. The second-order valence-corrected chi connectivity index (χ2v) is 10.5. The number of Topliss-reactive ketones (excluding diaryl/α,β-unsaturated/α-hetero) is 1.